The number of H-pyrrole nitrogens is 1. The second-order valence-electron chi connectivity index (χ2n) is 2.84. The van der Waals surface area contributed by atoms with Crippen molar-refractivity contribution >= 4 is 45.8 Å². The summed E-state index contributed by atoms with van der Waals surface area (Å²) in [5.74, 6) is 0. The lowest BCUT2D eigenvalue weighted by atomic mass is 10.3. The zero-order valence-electron chi connectivity index (χ0n) is 7.17. The van der Waals surface area contributed by atoms with Crippen LogP contribution in [0.2, 0.25) is 0 Å². The average molecular weight is 304 g/mol. The van der Waals surface area contributed by atoms with Crippen molar-refractivity contribution in [1.82, 2.24) is 9.55 Å². The van der Waals surface area contributed by atoms with Crippen molar-refractivity contribution in [3.05, 3.63) is 26.5 Å². The molecule has 0 unspecified atom stereocenters. The zero-order chi connectivity index (χ0) is 9.42. The monoisotopic (exact) mass is 304 g/mol. The number of fused-ring (bicyclic) bond motifs is 1. The van der Waals surface area contributed by atoms with E-state index in [2.05, 4.69) is 57.3 Å². The van der Waals surface area contributed by atoms with E-state index in [4.69, 9.17) is 12.2 Å². The van der Waals surface area contributed by atoms with E-state index < -0.39 is 0 Å². The minimum absolute atomic E-state index is 0.805. The van der Waals surface area contributed by atoms with Crippen molar-refractivity contribution < 1.29 is 0 Å². The number of aromatic amines is 1. The van der Waals surface area contributed by atoms with Gasteiger partial charge in [0, 0.05) is 10.1 Å². The average Bonchev–Trinajstić information content (AvgIpc) is 2.39. The molecular weight excluding hydrogens is 295 g/mol. The number of hydrogen-bond acceptors (Lipinski definition) is 1. The van der Waals surface area contributed by atoms with Gasteiger partial charge in [0.25, 0.3) is 0 Å². The molecule has 0 aliphatic rings. The van der Waals surface area contributed by atoms with Gasteiger partial charge < -0.3 is 9.55 Å². The highest BCUT2D eigenvalue weighted by Crippen LogP contribution is 2.16. The molecule has 0 saturated carbocycles. The lowest BCUT2D eigenvalue weighted by molar-refractivity contribution is 0.774. The highest BCUT2D eigenvalue weighted by Gasteiger charge is 2.01. The summed E-state index contributed by atoms with van der Waals surface area (Å²) >= 11 is 7.50. The van der Waals surface area contributed by atoms with Gasteiger partial charge in [0.2, 0.25) is 0 Å². The van der Waals surface area contributed by atoms with Gasteiger partial charge in [0.15, 0.2) is 4.77 Å². The summed E-state index contributed by atoms with van der Waals surface area (Å²) in [4.78, 5) is 3.19. The molecule has 0 saturated heterocycles. The van der Waals surface area contributed by atoms with Crippen LogP contribution < -0.4 is 0 Å². The number of aryl methyl sites for hydroxylation is 1. The summed E-state index contributed by atoms with van der Waals surface area (Å²) in [6.45, 7) is 3.01. The lowest BCUT2D eigenvalue weighted by Crippen LogP contribution is -1.92. The van der Waals surface area contributed by atoms with Crippen molar-refractivity contribution in [2.45, 2.75) is 13.5 Å². The molecule has 2 aromatic rings. The third kappa shape index (κ3) is 1.52. The van der Waals surface area contributed by atoms with Crippen molar-refractivity contribution in [2.75, 3.05) is 0 Å². The van der Waals surface area contributed by atoms with E-state index in [-0.39, 0.29) is 0 Å². The maximum absolute atomic E-state index is 5.20. The first kappa shape index (κ1) is 9.21. The second kappa shape index (κ2) is 3.42. The molecule has 13 heavy (non-hydrogen) atoms. The van der Waals surface area contributed by atoms with Gasteiger partial charge >= 0.3 is 0 Å². The molecule has 0 spiro atoms. The van der Waals surface area contributed by atoms with Gasteiger partial charge in [-0.2, -0.15) is 0 Å². The maximum atomic E-state index is 5.20. The molecule has 0 amide bonds. The number of rotatable bonds is 1. The van der Waals surface area contributed by atoms with Gasteiger partial charge in [-0.15, -0.1) is 0 Å². The second-order valence-corrected chi connectivity index (χ2v) is 4.47. The van der Waals surface area contributed by atoms with Gasteiger partial charge in [0.1, 0.15) is 0 Å². The van der Waals surface area contributed by atoms with Crippen LogP contribution in [0.4, 0.5) is 0 Å². The fraction of sp³-hybridized carbons (Fsp3) is 0.222. The number of benzene rings is 1. The van der Waals surface area contributed by atoms with E-state index in [1.165, 1.54) is 9.09 Å². The Morgan fingerprint density at radius 2 is 2.31 bits per heavy atom. The minimum atomic E-state index is 0.805. The molecule has 1 aromatic carbocycles. The van der Waals surface area contributed by atoms with Crippen LogP contribution in [0.3, 0.4) is 0 Å². The molecule has 0 radical (unpaired) electrons. The fourth-order valence-electron chi connectivity index (χ4n) is 1.45. The van der Waals surface area contributed by atoms with Gasteiger partial charge in [-0.25, -0.2) is 0 Å². The van der Waals surface area contributed by atoms with Crippen molar-refractivity contribution in [3.63, 3.8) is 0 Å². The number of nitrogens with zero attached hydrogens (tertiary/aromatic N) is 1. The number of aromatic nitrogens is 2. The maximum Gasteiger partial charge on any atom is 0.178 e. The van der Waals surface area contributed by atoms with E-state index in [1.807, 2.05) is 0 Å². The number of halogens is 1. The van der Waals surface area contributed by atoms with Crippen LogP contribution >= 0.6 is 34.8 Å². The van der Waals surface area contributed by atoms with Gasteiger partial charge in [-0.05, 0) is 59.9 Å². The minimum Gasteiger partial charge on any atom is -0.331 e. The Labute approximate surface area is 95.1 Å². The highest BCUT2D eigenvalue weighted by atomic mass is 127. The lowest BCUT2D eigenvalue weighted by Gasteiger charge is -1.98. The Kier molecular flexibility index (Phi) is 2.42. The van der Waals surface area contributed by atoms with Crippen LogP contribution in [-0.2, 0) is 6.54 Å². The summed E-state index contributed by atoms with van der Waals surface area (Å²) in [6.07, 6.45) is 0. The van der Waals surface area contributed by atoms with Crippen molar-refractivity contribution in [3.8, 4) is 0 Å². The summed E-state index contributed by atoms with van der Waals surface area (Å²) in [7, 11) is 0. The quantitative estimate of drug-likeness (QED) is 0.633. The third-order valence-corrected chi connectivity index (χ3v) is 3.05. The van der Waals surface area contributed by atoms with Crippen LogP contribution in [0.1, 0.15) is 6.92 Å². The first-order valence-corrected chi connectivity index (χ1v) is 5.59. The molecule has 68 valence electrons. The summed E-state index contributed by atoms with van der Waals surface area (Å²) in [5, 5.41) is 0. The van der Waals surface area contributed by atoms with E-state index in [1.54, 1.807) is 0 Å². The Morgan fingerprint density at radius 3 is 3.00 bits per heavy atom. The molecule has 0 fully saturated rings. The standard InChI is InChI=1S/C9H9IN2S/c1-2-12-8-4-3-6(10)5-7(8)11-9(12)13/h3-5H,2H2,1H3,(H,11,13). The largest absolute Gasteiger partial charge is 0.331 e. The van der Waals surface area contributed by atoms with Gasteiger partial charge in [-0.3, -0.25) is 0 Å². The zero-order valence-corrected chi connectivity index (χ0v) is 10.1. The van der Waals surface area contributed by atoms with Crippen LogP contribution in [0, 0.1) is 8.34 Å². The van der Waals surface area contributed by atoms with Gasteiger partial charge in [-0.1, -0.05) is 0 Å². The van der Waals surface area contributed by atoms with E-state index in [0.29, 0.717) is 0 Å². The topological polar surface area (TPSA) is 20.7 Å². The fourth-order valence-corrected chi connectivity index (χ4v) is 2.28. The van der Waals surface area contributed by atoms with E-state index in [9.17, 15) is 0 Å². The molecule has 0 aliphatic carbocycles. The smallest absolute Gasteiger partial charge is 0.178 e. The van der Waals surface area contributed by atoms with Gasteiger partial charge in [0.05, 0.1) is 11.0 Å². The molecule has 0 aliphatic heterocycles. The SMILES string of the molecule is CCn1c(=S)[nH]c2cc(I)ccc21. The predicted octanol–water partition coefficient (Wildman–Crippen LogP) is 3.32. The number of nitrogens with one attached hydrogen (secondary N) is 1. The van der Waals surface area contributed by atoms with Crippen molar-refractivity contribution in [2.24, 2.45) is 0 Å². The molecule has 2 nitrogen and oxygen atoms in total. The molecule has 0 bridgehead atoms. The Hall–Kier alpha value is -0.360. The molecule has 0 atom stereocenters. The highest BCUT2D eigenvalue weighted by molar-refractivity contribution is 14.1. The molecular formula is C9H9IN2S. The Bertz CT molecular complexity index is 498. The Balaban J connectivity index is 2.87. The molecule has 4 heteroatoms. The van der Waals surface area contributed by atoms with E-state index >= 15 is 0 Å². The van der Waals surface area contributed by atoms with Crippen LogP contribution in [-0.4, -0.2) is 9.55 Å². The van der Waals surface area contributed by atoms with Crippen LogP contribution in [0.25, 0.3) is 11.0 Å². The normalized spacial score (nSPS) is 10.9. The summed E-state index contributed by atoms with van der Waals surface area (Å²) in [6, 6.07) is 6.31. The molecule has 1 aromatic heterocycles. The molecule has 1 N–H and O–H groups in total. The number of imidazole rings is 1. The first-order chi connectivity index (χ1) is 6.22. The van der Waals surface area contributed by atoms with Crippen molar-refractivity contribution in [1.29, 1.82) is 0 Å². The van der Waals surface area contributed by atoms with Crippen LogP contribution in [0.5, 0.6) is 0 Å². The number of hydrogen-bond donors (Lipinski definition) is 1. The predicted molar refractivity (Wildman–Crippen MR) is 65.5 cm³/mol. The molecule has 1 heterocycles. The summed E-state index contributed by atoms with van der Waals surface area (Å²) in [5.41, 5.74) is 2.31. The van der Waals surface area contributed by atoms with Crippen LogP contribution in [0.15, 0.2) is 18.2 Å². The third-order valence-electron chi connectivity index (χ3n) is 2.05. The Morgan fingerprint density at radius 1 is 1.54 bits per heavy atom. The van der Waals surface area contributed by atoms with E-state index in [0.717, 1.165) is 16.8 Å². The molecule has 2 rings (SSSR count). The summed E-state index contributed by atoms with van der Waals surface area (Å²) < 4.78 is 4.13. The first-order valence-electron chi connectivity index (χ1n) is 4.10.